The minimum atomic E-state index is 0.194. The van der Waals surface area contributed by atoms with Crippen LogP contribution in [0.4, 0.5) is 0 Å². The Labute approximate surface area is 136 Å². The van der Waals surface area contributed by atoms with Gasteiger partial charge < -0.3 is 14.5 Å². The van der Waals surface area contributed by atoms with Gasteiger partial charge in [-0.05, 0) is 42.3 Å². The molecule has 0 unspecified atom stereocenters. The van der Waals surface area contributed by atoms with Gasteiger partial charge in [0, 0.05) is 6.54 Å². The minimum Gasteiger partial charge on any atom is -0.489 e. The van der Waals surface area contributed by atoms with Gasteiger partial charge in [0.2, 0.25) is 0 Å². The zero-order valence-electron chi connectivity index (χ0n) is 13.2. The summed E-state index contributed by atoms with van der Waals surface area (Å²) in [6.45, 7) is 3.48. The predicted octanol–water partition coefficient (Wildman–Crippen LogP) is 4.71. The summed E-state index contributed by atoms with van der Waals surface area (Å²) in [5.74, 6) is 1.84. The smallest absolute Gasteiger partial charge is 0.120 e. The third-order valence-electron chi connectivity index (χ3n) is 3.75. The van der Waals surface area contributed by atoms with E-state index >= 15 is 0 Å². The van der Waals surface area contributed by atoms with Gasteiger partial charge >= 0.3 is 0 Å². The van der Waals surface area contributed by atoms with E-state index in [4.69, 9.17) is 9.15 Å². The van der Waals surface area contributed by atoms with Crippen molar-refractivity contribution in [2.45, 2.75) is 26.1 Å². The lowest BCUT2D eigenvalue weighted by Crippen LogP contribution is -2.17. The summed E-state index contributed by atoms with van der Waals surface area (Å²) in [5.41, 5.74) is 2.39. The van der Waals surface area contributed by atoms with Gasteiger partial charge in [-0.3, -0.25) is 0 Å². The summed E-state index contributed by atoms with van der Waals surface area (Å²) in [6, 6.07) is 22.5. The lowest BCUT2D eigenvalue weighted by molar-refractivity contribution is 0.306. The molecule has 0 bridgehead atoms. The molecule has 23 heavy (non-hydrogen) atoms. The van der Waals surface area contributed by atoms with Gasteiger partial charge in [-0.25, -0.2) is 0 Å². The Bertz CT molecular complexity index is 690. The fourth-order valence-electron chi connectivity index (χ4n) is 2.35. The van der Waals surface area contributed by atoms with Crippen molar-refractivity contribution in [1.82, 2.24) is 5.32 Å². The van der Waals surface area contributed by atoms with Gasteiger partial charge in [0.05, 0.1) is 12.3 Å². The second-order valence-electron chi connectivity index (χ2n) is 5.54. The van der Waals surface area contributed by atoms with Crippen LogP contribution >= 0.6 is 0 Å². The van der Waals surface area contributed by atoms with E-state index in [-0.39, 0.29) is 6.04 Å². The van der Waals surface area contributed by atoms with Crippen molar-refractivity contribution in [1.29, 1.82) is 0 Å². The Hall–Kier alpha value is -2.52. The molecule has 0 radical (unpaired) electrons. The van der Waals surface area contributed by atoms with Crippen molar-refractivity contribution >= 4 is 0 Å². The molecule has 2 aromatic carbocycles. The highest BCUT2D eigenvalue weighted by atomic mass is 16.5. The average Bonchev–Trinajstić information content (AvgIpc) is 3.14. The highest BCUT2D eigenvalue weighted by Crippen LogP contribution is 2.16. The molecule has 0 aliphatic carbocycles. The Morgan fingerprint density at radius 2 is 1.70 bits per heavy atom. The van der Waals surface area contributed by atoms with Crippen LogP contribution in [0.5, 0.6) is 5.75 Å². The summed E-state index contributed by atoms with van der Waals surface area (Å²) in [5, 5.41) is 3.44. The van der Waals surface area contributed by atoms with Crippen molar-refractivity contribution in [3.63, 3.8) is 0 Å². The van der Waals surface area contributed by atoms with Crippen LogP contribution < -0.4 is 10.1 Å². The number of ether oxygens (including phenoxy) is 1. The quantitative estimate of drug-likeness (QED) is 0.686. The third kappa shape index (κ3) is 4.47. The van der Waals surface area contributed by atoms with Gasteiger partial charge in [0.15, 0.2) is 0 Å². The molecule has 3 rings (SSSR count). The summed E-state index contributed by atoms with van der Waals surface area (Å²) in [7, 11) is 0. The maximum atomic E-state index is 5.80. The number of hydrogen-bond donors (Lipinski definition) is 1. The highest BCUT2D eigenvalue weighted by molar-refractivity contribution is 5.28. The molecular weight excluding hydrogens is 286 g/mol. The van der Waals surface area contributed by atoms with Crippen molar-refractivity contribution < 1.29 is 9.15 Å². The highest BCUT2D eigenvalue weighted by Gasteiger charge is 2.07. The molecule has 3 heteroatoms. The van der Waals surface area contributed by atoms with Crippen LogP contribution in [0.1, 0.15) is 29.9 Å². The van der Waals surface area contributed by atoms with Crippen LogP contribution in [0.15, 0.2) is 77.4 Å². The maximum Gasteiger partial charge on any atom is 0.120 e. The van der Waals surface area contributed by atoms with Gasteiger partial charge in [-0.15, -0.1) is 0 Å². The lowest BCUT2D eigenvalue weighted by Gasteiger charge is -2.12. The zero-order valence-corrected chi connectivity index (χ0v) is 13.2. The molecule has 118 valence electrons. The first-order valence-electron chi connectivity index (χ1n) is 7.84. The molecule has 0 aliphatic rings. The normalized spacial score (nSPS) is 12.0. The Kier molecular flexibility index (Phi) is 5.12. The Morgan fingerprint density at radius 1 is 0.913 bits per heavy atom. The molecule has 0 amide bonds. The molecule has 0 aliphatic heterocycles. The average molecular weight is 307 g/mol. The molecule has 3 nitrogen and oxygen atoms in total. The van der Waals surface area contributed by atoms with E-state index in [1.807, 2.05) is 42.5 Å². The van der Waals surface area contributed by atoms with Crippen LogP contribution in [0, 0.1) is 0 Å². The third-order valence-corrected chi connectivity index (χ3v) is 3.75. The number of hydrogen-bond acceptors (Lipinski definition) is 3. The molecule has 1 N–H and O–H groups in total. The number of nitrogens with one attached hydrogen (secondary N) is 1. The van der Waals surface area contributed by atoms with Crippen LogP contribution in [0.25, 0.3) is 0 Å². The first-order valence-corrected chi connectivity index (χ1v) is 7.84. The molecular formula is C20H21NO2. The van der Waals surface area contributed by atoms with Crippen molar-refractivity contribution in [2.24, 2.45) is 0 Å². The zero-order chi connectivity index (χ0) is 15.9. The Morgan fingerprint density at radius 3 is 2.39 bits per heavy atom. The van der Waals surface area contributed by atoms with Gasteiger partial charge in [-0.1, -0.05) is 42.5 Å². The van der Waals surface area contributed by atoms with Crippen LogP contribution in [0.3, 0.4) is 0 Å². The second-order valence-corrected chi connectivity index (χ2v) is 5.54. The van der Waals surface area contributed by atoms with Crippen molar-refractivity contribution in [3.05, 3.63) is 89.9 Å². The van der Waals surface area contributed by atoms with Gasteiger partial charge in [0.1, 0.15) is 18.1 Å². The van der Waals surface area contributed by atoms with Gasteiger partial charge in [0.25, 0.3) is 0 Å². The van der Waals surface area contributed by atoms with Crippen molar-refractivity contribution in [2.75, 3.05) is 0 Å². The minimum absolute atomic E-state index is 0.194. The largest absolute Gasteiger partial charge is 0.489 e. The standard InChI is InChI=1S/C20H21NO2/c1-16(20-8-5-13-22-20)21-14-17-9-11-19(12-10-17)23-15-18-6-3-2-4-7-18/h2-13,16,21H,14-15H2,1H3/t16-/m1/s1. The molecule has 1 aromatic heterocycles. The summed E-state index contributed by atoms with van der Waals surface area (Å²) < 4.78 is 11.2. The topological polar surface area (TPSA) is 34.4 Å². The molecule has 0 spiro atoms. The summed E-state index contributed by atoms with van der Waals surface area (Å²) in [6.07, 6.45) is 1.70. The van der Waals surface area contributed by atoms with E-state index in [2.05, 4.69) is 36.5 Å². The first kappa shape index (κ1) is 15.4. The summed E-state index contributed by atoms with van der Waals surface area (Å²) in [4.78, 5) is 0. The van der Waals surface area contributed by atoms with Gasteiger partial charge in [-0.2, -0.15) is 0 Å². The van der Waals surface area contributed by atoms with E-state index in [0.29, 0.717) is 6.61 Å². The maximum absolute atomic E-state index is 5.80. The van der Waals surface area contributed by atoms with E-state index in [1.165, 1.54) is 11.1 Å². The molecule has 0 fully saturated rings. The Balaban J connectivity index is 1.49. The summed E-state index contributed by atoms with van der Waals surface area (Å²) >= 11 is 0. The van der Waals surface area contributed by atoms with E-state index in [1.54, 1.807) is 6.26 Å². The fraction of sp³-hybridized carbons (Fsp3) is 0.200. The monoisotopic (exact) mass is 307 g/mol. The first-order chi connectivity index (χ1) is 11.3. The number of furan rings is 1. The number of rotatable bonds is 7. The second kappa shape index (κ2) is 7.65. The number of benzene rings is 2. The SMILES string of the molecule is C[C@@H](NCc1ccc(OCc2ccccc2)cc1)c1ccco1. The fourth-order valence-corrected chi connectivity index (χ4v) is 2.35. The van der Waals surface area contributed by atoms with Crippen LogP contribution in [-0.4, -0.2) is 0 Å². The molecule has 0 saturated heterocycles. The van der Waals surface area contributed by atoms with Crippen molar-refractivity contribution in [3.8, 4) is 5.75 Å². The van der Waals surface area contributed by atoms with Crippen LogP contribution in [-0.2, 0) is 13.2 Å². The molecule has 1 heterocycles. The molecule has 1 atom stereocenters. The van der Waals surface area contributed by atoms with E-state index < -0.39 is 0 Å². The lowest BCUT2D eigenvalue weighted by atomic mass is 10.2. The molecule has 3 aromatic rings. The van der Waals surface area contributed by atoms with Crippen LogP contribution in [0.2, 0.25) is 0 Å². The predicted molar refractivity (Wildman–Crippen MR) is 91.2 cm³/mol. The van der Waals surface area contributed by atoms with E-state index in [0.717, 1.165) is 18.1 Å². The molecule has 0 saturated carbocycles. The van der Waals surface area contributed by atoms with E-state index in [9.17, 15) is 0 Å².